The summed E-state index contributed by atoms with van der Waals surface area (Å²) in [6.07, 6.45) is 8.67. The summed E-state index contributed by atoms with van der Waals surface area (Å²) in [5.41, 5.74) is 0. The Labute approximate surface area is 94.4 Å². The fourth-order valence-electron chi connectivity index (χ4n) is 1.63. The van der Waals surface area contributed by atoms with E-state index in [9.17, 15) is 4.79 Å². The number of carbonyl (C=O) groups excluding carboxylic acids is 1. The Morgan fingerprint density at radius 2 is 1.67 bits per heavy atom. The van der Waals surface area contributed by atoms with Crippen LogP contribution in [0.25, 0.3) is 0 Å². The van der Waals surface area contributed by atoms with Gasteiger partial charge in [-0.3, -0.25) is 4.79 Å². The molecule has 0 aliphatic heterocycles. The topological polar surface area (TPSA) is 26.3 Å². The van der Waals surface area contributed by atoms with E-state index in [0.717, 1.165) is 12.8 Å². The Kier molecular flexibility index (Phi) is 9.65. The van der Waals surface area contributed by atoms with E-state index in [4.69, 9.17) is 4.74 Å². The second-order valence-corrected chi connectivity index (χ2v) is 4.21. The molecule has 0 amide bonds. The van der Waals surface area contributed by atoms with Crippen LogP contribution in [0.4, 0.5) is 0 Å². The Bertz CT molecular complexity index is 155. The maximum absolute atomic E-state index is 11.3. The molecule has 0 aromatic carbocycles. The van der Waals surface area contributed by atoms with Crippen LogP contribution in [0.5, 0.6) is 0 Å². The summed E-state index contributed by atoms with van der Waals surface area (Å²) in [6.45, 7) is 6.54. The lowest BCUT2D eigenvalue weighted by atomic mass is 10.0. The molecule has 0 N–H and O–H groups in total. The molecule has 0 aliphatic rings. The van der Waals surface area contributed by atoms with Gasteiger partial charge >= 0.3 is 5.97 Å². The van der Waals surface area contributed by atoms with E-state index >= 15 is 0 Å². The van der Waals surface area contributed by atoms with Gasteiger partial charge in [0.15, 0.2) is 0 Å². The summed E-state index contributed by atoms with van der Waals surface area (Å²) in [6, 6.07) is 0. The summed E-state index contributed by atoms with van der Waals surface area (Å²) in [4.78, 5) is 11.3. The summed E-state index contributed by atoms with van der Waals surface area (Å²) in [5, 5.41) is 0. The van der Waals surface area contributed by atoms with E-state index in [1.165, 1.54) is 32.1 Å². The summed E-state index contributed by atoms with van der Waals surface area (Å²) in [7, 11) is 0. The zero-order chi connectivity index (χ0) is 11.5. The fourth-order valence-corrected chi connectivity index (χ4v) is 1.63. The number of ether oxygens (including phenoxy) is 1. The van der Waals surface area contributed by atoms with Gasteiger partial charge in [-0.05, 0) is 13.3 Å². The van der Waals surface area contributed by atoms with Gasteiger partial charge in [0.1, 0.15) is 0 Å². The average molecular weight is 214 g/mol. The highest BCUT2D eigenvalue weighted by Crippen LogP contribution is 2.13. The van der Waals surface area contributed by atoms with Crippen molar-refractivity contribution < 1.29 is 9.53 Å². The quantitative estimate of drug-likeness (QED) is 0.429. The van der Waals surface area contributed by atoms with Crippen LogP contribution in [0.3, 0.4) is 0 Å². The predicted octanol–water partition coefficient (Wildman–Crippen LogP) is 3.94. The van der Waals surface area contributed by atoms with Crippen LogP contribution in [0.15, 0.2) is 0 Å². The van der Waals surface area contributed by atoms with Crippen molar-refractivity contribution in [1.82, 2.24) is 0 Å². The number of rotatable bonds is 9. The Morgan fingerprint density at radius 3 is 2.27 bits per heavy atom. The van der Waals surface area contributed by atoms with Gasteiger partial charge in [-0.1, -0.05) is 52.4 Å². The molecule has 0 radical (unpaired) electrons. The molecule has 0 unspecified atom stereocenters. The number of hydrogen-bond acceptors (Lipinski definition) is 2. The number of esters is 1. The SMILES string of the molecule is CCCCCCCC[C@H](C)C(=O)OCC. The van der Waals surface area contributed by atoms with Crippen molar-refractivity contribution in [1.29, 1.82) is 0 Å². The highest BCUT2D eigenvalue weighted by Gasteiger charge is 2.12. The van der Waals surface area contributed by atoms with Crippen LogP contribution in [0.2, 0.25) is 0 Å². The van der Waals surface area contributed by atoms with Crippen LogP contribution in [-0.4, -0.2) is 12.6 Å². The first-order chi connectivity index (χ1) is 7.22. The highest BCUT2D eigenvalue weighted by molar-refractivity contribution is 5.71. The zero-order valence-corrected chi connectivity index (χ0v) is 10.6. The third kappa shape index (κ3) is 8.46. The number of unbranched alkanes of at least 4 members (excludes halogenated alkanes) is 5. The minimum Gasteiger partial charge on any atom is -0.466 e. The minimum atomic E-state index is -0.0361. The molecule has 90 valence electrons. The van der Waals surface area contributed by atoms with Gasteiger partial charge in [-0.25, -0.2) is 0 Å². The maximum atomic E-state index is 11.3. The van der Waals surface area contributed by atoms with Crippen molar-refractivity contribution in [3.63, 3.8) is 0 Å². The first-order valence-electron chi connectivity index (χ1n) is 6.39. The van der Waals surface area contributed by atoms with Gasteiger partial charge in [0.05, 0.1) is 12.5 Å². The molecule has 0 fully saturated rings. The van der Waals surface area contributed by atoms with Crippen LogP contribution in [-0.2, 0) is 9.53 Å². The Hall–Kier alpha value is -0.530. The molecule has 0 aromatic rings. The predicted molar refractivity (Wildman–Crippen MR) is 63.8 cm³/mol. The van der Waals surface area contributed by atoms with Crippen molar-refractivity contribution in [2.75, 3.05) is 6.61 Å². The lowest BCUT2D eigenvalue weighted by Crippen LogP contribution is -2.14. The maximum Gasteiger partial charge on any atom is 0.308 e. The van der Waals surface area contributed by atoms with Crippen LogP contribution >= 0.6 is 0 Å². The van der Waals surface area contributed by atoms with E-state index in [1.54, 1.807) is 0 Å². The zero-order valence-electron chi connectivity index (χ0n) is 10.6. The first-order valence-corrected chi connectivity index (χ1v) is 6.39. The first kappa shape index (κ1) is 14.5. The molecule has 0 saturated carbocycles. The van der Waals surface area contributed by atoms with Crippen LogP contribution in [0.1, 0.15) is 65.7 Å². The number of hydrogen-bond donors (Lipinski definition) is 0. The summed E-state index contributed by atoms with van der Waals surface area (Å²) < 4.78 is 4.96. The third-order valence-corrected chi connectivity index (χ3v) is 2.68. The second-order valence-electron chi connectivity index (χ2n) is 4.21. The van der Waals surface area contributed by atoms with Gasteiger partial charge in [0, 0.05) is 0 Å². The normalized spacial score (nSPS) is 12.5. The van der Waals surface area contributed by atoms with Crippen LogP contribution in [0, 0.1) is 5.92 Å². The van der Waals surface area contributed by atoms with E-state index in [-0.39, 0.29) is 11.9 Å². The molecule has 0 bridgehead atoms. The van der Waals surface area contributed by atoms with E-state index in [2.05, 4.69) is 6.92 Å². The molecular formula is C13H26O2. The van der Waals surface area contributed by atoms with Crippen molar-refractivity contribution in [3.8, 4) is 0 Å². The molecule has 0 aromatic heterocycles. The lowest BCUT2D eigenvalue weighted by Gasteiger charge is -2.09. The van der Waals surface area contributed by atoms with Gasteiger partial charge in [0.25, 0.3) is 0 Å². The Morgan fingerprint density at radius 1 is 1.07 bits per heavy atom. The molecule has 1 atom stereocenters. The molecule has 0 rings (SSSR count). The molecule has 0 heterocycles. The summed E-state index contributed by atoms with van der Waals surface area (Å²) in [5.74, 6) is 0.0437. The van der Waals surface area contributed by atoms with Crippen molar-refractivity contribution in [2.24, 2.45) is 5.92 Å². The third-order valence-electron chi connectivity index (χ3n) is 2.68. The van der Waals surface area contributed by atoms with E-state index in [0.29, 0.717) is 6.61 Å². The molecule has 15 heavy (non-hydrogen) atoms. The van der Waals surface area contributed by atoms with Crippen LogP contribution < -0.4 is 0 Å². The molecule has 2 nitrogen and oxygen atoms in total. The van der Waals surface area contributed by atoms with E-state index in [1.807, 2.05) is 13.8 Å². The molecule has 0 spiro atoms. The minimum absolute atomic E-state index is 0.0361. The smallest absolute Gasteiger partial charge is 0.308 e. The van der Waals surface area contributed by atoms with Gasteiger partial charge in [-0.2, -0.15) is 0 Å². The molecule has 0 aliphatic carbocycles. The average Bonchev–Trinajstić information content (AvgIpc) is 2.23. The fraction of sp³-hybridized carbons (Fsp3) is 0.923. The lowest BCUT2D eigenvalue weighted by molar-refractivity contribution is -0.147. The van der Waals surface area contributed by atoms with Gasteiger partial charge < -0.3 is 4.74 Å². The monoisotopic (exact) mass is 214 g/mol. The second kappa shape index (κ2) is 10.0. The number of carbonyl (C=O) groups is 1. The Balaban J connectivity index is 3.30. The van der Waals surface area contributed by atoms with Gasteiger partial charge in [-0.15, -0.1) is 0 Å². The molecule has 0 saturated heterocycles. The molecule has 2 heteroatoms. The molecular weight excluding hydrogens is 188 g/mol. The largest absolute Gasteiger partial charge is 0.466 e. The van der Waals surface area contributed by atoms with Gasteiger partial charge in [0.2, 0.25) is 0 Å². The van der Waals surface area contributed by atoms with Crippen molar-refractivity contribution in [2.45, 2.75) is 65.7 Å². The van der Waals surface area contributed by atoms with Crippen molar-refractivity contribution in [3.05, 3.63) is 0 Å². The van der Waals surface area contributed by atoms with E-state index < -0.39 is 0 Å². The summed E-state index contributed by atoms with van der Waals surface area (Å²) >= 11 is 0. The van der Waals surface area contributed by atoms with Crippen molar-refractivity contribution >= 4 is 5.97 Å². The highest BCUT2D eigenvalue weighted by atomic mass is 16.5. The standard InChI is InChI=1S/C13H26O2/c1-4-6-7-8-9-10-11-12(3)13(14)15-5-2/h12H,4-11H2,1-3H3/t12-/m0/s1.